The first-order chi connectivity index (χ1) is 8.24. The van der Waals surface area contributed by atoms with Gasteiger partial charge in [-0.2, -0.15) is 0 Å². The summed E-state index contributed by atoms with van der Waals surface area (Å²) in [5.74, 6) is 0.477. The van der Waals surface area contributed by atoms with Gasteiger partial charge in [0.25, 0.3) is 0 Å². The van der Waals surface area contributed by atoms with E-state index in [1.165, 1.54) is 11.1 Å². The molecule has 1 aromatic rings. The second kappa shape index (κ2) is 4.31. The van der Waals surface area contributed by atoms with Crippen LogP contribution in [0.4, 0.5) is 0 Å². The fraction of sp³-hybridized carbons (Fsp3) is 0.462. The molecule has 3 nitrogen and oxygen atoms in total. The molecular weight excluding hydrogens is 236 g/mol. The van der Waals surface area contributed by atoms with E-state index < -0.39 is 0 Å². The van der Waals surface area contributed by atoms with Gasteiger partial charge in [-0.3, -0.25) is 4.79 Å². The smallest absolute Gasteiger partial charge is 0.228 e. The normalized spacial score (nSPS) is 19.7. The molecule has 4 heteroatoms. The fourth-order valence-electron chi connectivity index (χ4n) is 2.44. The minimum absolute atomic E-state index is 0.190. The van der Waals surface area contributed by atoms with Crippen molar-refractivity contribution in [1.82, 2.24) is 10.2 Å². The van der Waals surface area contributed by atoms with Gasteiger partial charge in [0.15, 0.2) is 0 Å². The second-order valence-electron chi connectivity index (χ2n) is 4.78. The summed E-state index contributed by atoms with van der Waals surface area (Å²) in [5.41, 5.74) is 2.52. The van der Waals surface area contributed by atoms with E-state index in [1.807, 2.05) is 17.0 Å². The highest BCUT2D eigenvalue weighted by Crippen LogP contribution is 2.24. The molecule has 90 valence electrons. The molecule has 1 N–H and O–H groups in total. The molecule has 0 aromatic heterocycles. The minimum Gasteiger partial charge on any atom is -0.338 e. The quantitative estimate of drug-likeness (QED) is 0.818. The van der Waals surface area contributed by atoms with Gasteiger partial charge in [-0.05, 0) is 29.7 Å². The van der Waals surface area contributed by atoms with E-state index in [9.17, 15) is 4.79 Å². The molecule has 3 rings (SSSR count). The summed E-state index contributed by atoms with van der Waals surface area (Å²) in [4.78, 5) is 14.1. The topological polar surface area (TPSA) is 32.3 Å². The van der Waals surface area contributed by atoms with Crippen molar-refractivity contribution in [2.45, 2.75) is 13.0 Å². The Hall–Kier alpha value is -1.06. The number of rotatable bonds is 1. The van der Waals surface area contributed by atoms with Crippen LogP contribution in [0.1, 0.15) is 11.1 Å². The Kier molecular flexibility index (Phi) is 2.81. The van der Waals surface area contributed by atoms with Gasteiger partial charge in [-0.1, -0.05) is 17.7 Å². The lowest BCUT2D eigenvalue weighted by molar-refractivity contribution is -0.138. The SMILES string of the molecule is O=C(C1CNC1)N1CCc2ccc(Cl)cc2C1. The predicted octanol–water partition coefficient (Wildman–Crippen LogP) is 1.44. The number of carbonyl (C=O) groups excluding carboxylic acids is 1. The van der Waals surface area contributed by atoms with E-state index >= 15 is 0 Å². The Morgan fingerprint density at radius 2 is 2.18 bits per heavy atom. The molecule has 17 heavy (non-hydrogen) atoms. The zero-order valence-electron chi connectivity index (χ0n) is 9.58. The molecule has 0 atom stereocenters. The highest BCUT2D eigenvalue weighted by molar-refractivity contribution is 6.30. The third-order valence-electron chi connectivity index (χ3n) is 3.62. The van der Waals surface area contributed by atoms with Gasteiger partial charge in [0.2, 0.25) is 5.91 Å². The number of hydrogen-bond acceptors (Lipinski definition) is 2. The van der Waals surface area contributed by atoms with Gasteiger partial charge in [0.1, 0.15) is 0 Å². The summed E-state index contributed by atoms with van der Waals surface area (Å²) in [5, 5.41) is 3.89. The average Bonchev–Trinajstić information content (AvgIpc) is 2.25. The van der Waals surface area contributed by atoms with Crippen molar-refractivity contribution in [1.29, 1.82) is 0 Å². The van der Waals surface area contributed by atoms with Crippen molar-refractivity contribution >= 4 is 17.5 Å². The largest absolute Gasteiger partial charge is 0.338 e. The van der Waals surface area contributed by atoms with E-state index in [0.29, 0.717) is 6.54 Å². The molecule has 0 unspecified atom stereocenters. The Morgan fingerprint density at radius 3 is 2.88 bits per heavy atom. The Bertz CT molecular complexity index is 457. The van der Waals surface area contributed by atoms with Crippen LogP contribution in [-0.2, 0) is 17.8 Å². The first-order valence-corrected chi connectivity index (χ1v) is 6.38. The number of fused-ring (bicyclic) bond motifs is 1. The van der Waals surface area contributed by atoms with Crippen molar-refractivity contribution in [3.05, 3.63) is 34.3 Å². The molecule has 2 heterocycles. The zero-order valence-corrected chi connectivity index (χ0v) is 10.3. The second-order valence-corrected chi connectivity index (χ2v) is 5.21. The van der Waals surface area contributed by atoms with E-state index in [4.69, 9.17) is 11.6 Å². The maximum Gasteiger partial charge on any atom is 0.228 e. The number of nitrogens with zero attached hydrogens (tertiary/aromatic N) is 1. The number of halogens is 1. The van der Waals surface area contributed by atoms with Gasteiger partial charge in [-0.15, -0.1) is 0 Å². The fourth-order valence-corrected chi connectivity index (χ4v) is 2.63. The first-order valence-electron chi connectivity index (χ1n) is 6.01. The van der Waals surface area contributed by atoms with Crippen LogP contribution in [0.15, 0.2) is 18.2 Å². The highest BCUT2D eigenvalue weighted by Gasteiger charge is 2.30. The molecule has 1 aromatic carbocycles. The lowest BCUT2D eigenvalue weighted by Gasteiger charge is -2.35. The molecule has 2 aliphatic rings. The highest BCUT2D eigenvalue weighted by atomic mass is 35.5. The lowest BCUT2D eigenvalue weighted by atomic mass is 9.96. The van der Waals surface area contributed by atoms with E-state index in [1.54, 1.807) is 0 Å². The van der Waals surface area contributed by atoms with Crippen LogP contribution in [-0.4, -0.2) is 30.4 Å². The Morgan fingerprint density at radius 1 is 1.35 bits per heavy atom. The lowest BCUT2D eigenvalue weighted by Crippen LogP contribution is -2.52. The van der Waals surface area contributed by atoms with Gasteiger partial charge in [0.05, 0.1) is 5.92 Å². The van der Waals surface area contributed by atoms with Crippen molar-refractivity contribution < 1.29 is 4.79 Å². The standard InChI is InChI=1S/C13H15ClN2O/c14-12-2-1-9-3-4-16(8-10(9)5-12)13(17)11-6-15-7-11/h1-2,5,11,15H,3-4,6-8H2. The molecule has 0 bridgehead atoms. The van der Waals surface area contributed by atoms with Gasteiger partial charge in [0, 0.05) is 31.2 Å². The Labute approximate surface area is 106 Å². The minimum atomic E-state index is 0.190. The molecule has 2 aliphatic heterocycles. The van der Waals surface area contributed by atoms with Gasteiger partial charge >= 0.3 is 0 Å². The summed E-state index contributed by atoms with van der Waals surface area (Å²) in [7, 11) is 0. The number of amides is 1. The predicted molar refractivity (Wildman–Crippen MR) is 66.9 cm³/mol. The van der Waals surface area contributed by atoms with Crippen LogP contribution in [0.3, 0.4) is 0 Å². The van der Waals surface area contributed by atoms with E-state index in [-0.39, 0.29) is 11.8 Å². The zero-order chi connectivity index (χ0) is 11.8. The molecule has 1 saturated heterocycles. The van der Waals surface area contributed by atoms with Crippen LogP contribution >= 0.6 is 11.6 Å². The van der Waals surface area contributed by atoms with Gasteiger partial charge < -0.3 is 10.2 Å². The molecule has 0 aliphatic carbocycles. The summed E-state index contributed by atoms with van der Waals surface area (Å²) in [6.45, 7) is 3.21. The summed E-state index contributed by atoms with van der Waals surface area (Å²) < 4.78 is 0. The number of hydrogen-bond donors (Lipinski definition) is 1. The maximum atomic E-state index is 12.1. The van der Waals surface area contributed by atoms with Crippen molar-refractivity contribution in [3.8, 4) is 0 Å². The van der Waals surface area contributed by atoms with Crippen molar-refractivity contribution in [2.75, 3.05) is 19.6 Å². The van der Waals surface area contributed by atoms with Crippen LogP contribution in [0.25, 0.3) is 0 Å². The first kappa shape index (κ1) is 11.1. The third-order valence-corrected chi connectivity index (χ3v) is 3.86. The van der Waals surface area contributed by atoms with Crippen LogP contribution in [0, 0.1) is 5.92 Å². The number of benzene rings is 1. The van der Waals surface area contributed by atoms with Crippen LogP contribution < -0.4 is 5.32 Å². The van der Waals surface area contributed by atoms with Crippen molar-refractivity contribution in [3.63, 3.8) is 0 Å². The average molecular weight is 251 g/mol. The molecular formula is C13H15ClN2O. The molecule has 0 spiro atoms. The molecule has 0 saturated carbocycles. The van der Waals surface area contributed by atoms with Crippen LogP contribution in [0.5, 0.6) is 0 Å². The monoisotopic (exact) mass is 250 g/mol. The molecule has 0 radical (unpaired) electrons. The van der Waals surface area contributed by atoms with Gasteiger partial charge in [-0.25, -0.2) is 0 Å². The third kappa shape index (κ3) is 2.05. The van der Waals surface area contributed by atoms with Crippen molar-refractivity contribution in [2.24, 2.45) is 5.92 Å². The Balaban J connectivity index is 1.77. The summed E-state index contributed by atoms with van der Waals surface area (Å²) in [6.07, 6.45) is 0.943. The number of carbonyl (C=O) groups is 1. The van der Waals surface area contributed by atoms with E-state index in [0.717, 1.165) is 31.1 Å². The molecule has 1 fully saturated rings. The number of nitrogens with one attached hydrogen (secondary N) is 1. The summed E-state index contributed by atoms with van der Waals surface area (Å²) >= 11 is 5.99. The van der Waals surface area contributed by atoms with E-state index in [2.05, 4.69) is 11.4 Å². The van der Waals surface area contributed by atoms with Crippen LogP contribution in [0.2, 0.25) is 5.02 Å². The summed E-state index contributed by atoms with van der Waals surface area (Å²) in [6, 6.07) is 5.98. The molecule has 1 amide bonds. The maximum absolute atomic E-state index is 12.1.